The van der Waals surface area contributed by atoms with Gasteiger partial charge in [0.1, 0.15) is 5.84 Å². The van der Waals surface area contributed by atoms with Crippen molar-refractivity contribution in [3.63, 3.8) is 0 Å². The molecule has 0 bridgehead atoms. The smallest absolute Gasteiger partial charge is 0.106 e. The number of nitrogens with one attached hydrogen (secondary N) is 1. The molecule has 1 aliphatic heterocycles. The fourth-order valence-corrected chi connectivity index (χ4v) is 1.76. The zero-order valence-corrected chi connectivity index (χ0v) is 9.52. The maximum atomic E-state index is 4.62. The van der Waals surface area contributed by atoms with Gasteiger partial charge in [-0.2, -0.15) is 0 Å². The third-order valence-corrected chi connectivity index (χ3v) is 2.90. The lowest BCUT2D eigenvalue weighted by Crippen LogP contribution is -2.23. The molecule has 0 saturated carbocycles. The molecule has 0 radical (unpaired) electrons. The van der Waals surface area contributed by atoms with E-state index in [1.165, 1.54) is 11.1 Å². The molecule has 1 aromatic rings. The number of rotatable bonds is 1. The van der Waals surface area contributed by atoms with Gasteiger partial charge in [-0.05, 0) is 25.0 Å². The lowest BCUT2D eigenvalue weighted by atomic mass is 10.00. The third kappa shape index (κ3) is 1.56. The predicted octanol–water partition coefficient (Wildman–Crippen LogP) is 3.32. The zero-order valence-electron chi connectivity index (χ0n) is 9.52. The van der Waals surface area contributed by atoms with Crippen LogP contribution in [0.15, 0.2) is 23.7 Å². The van der Waals surface area contributed by atoms with E-state index in [1.54, 1.807) is 0 Å². The van der Waals surface area contributed by atoms with Crippen LogP contribution in [0, 0.1) is 13.8 Å². The van der Waals surface area contributed by atoms with Crippen LogP contribution in [-0.4, -0.2) is 5.84 Å². The summed E-state index contributed by atoms with van der Waals surface area (Å²) in [5.41, 5.74) is 5.69. The SMILES string of the molecule is C=C1NC(CC)=Nc2c1ccc(C)c2C. The van der Waals surface area contributed by atoms with Gasteiger partial charge in [-0.25, -0.2) is 4.99 Å². The first kappa shape index (κ1) is 9.97. The molecule has 0 atom stereocenters. The molecule has 0 unspecified atom stereocenters. The molecule has 15 heavy (non-hydrogen) atoms. The van der Waals surface area contributed by atoms with Crippen molar-refractivity contribution in [1.82, 2.24) is 5.32 Å². The van der Waals surface area contributed by atoms with Gasteiger partial charge >= 0.3 is 0 Å². The Labute approximate surface area is 90.7 Å². The molecule has 2 heteroatoms. The summed E-state index contributed by atoms with van der Waals surface area (Å²) in [5, 5.41) is 3.22. The van der Waals surface area contributed by atoms with Crippen molar-refractivity contribution in [2.75, 3.05) is 0 Å². The van der Waals surface area contributed by atoms with Crippen LogP contribution < -0.4 is 5.32 Å². The van der Waals surface area contributed by atoms with E-state index in [-0.39, 0.29) is 0 Å². The van der Waals surface area contributed by atoms with E-state index in [0.717, 1.165) is 29.2 Å². The second kappa shape index (κ2) is 3.54. The molecule has 1 aromatic carbocycles. The molecule has 1 N–H and O–H groups in total. The van der Waals surface area contributed by atoms with Gasteiger partial charge in [-0.1, -0.05) is 25.6 Å². The van der Waals surface area contributed by atoms with Crippen molar-refractivity contribution in [2.24, 2.45) is 4.99 Å². The quantitative estimate of drug-likeness (QED) is 0.739. The van der Waals surface area contributed by atoms with E-state index in [1.807, 2.05) is 0 Å². The number of benzene rings is 1. The standard InChI is InChI=1S/C13H16N2/c1-5-12-14-10(4)11-7-6-8(2)9(3)13(11)15-12/h6-7H,4-5H2,1-3H3,(H,14,15). The Morgan fingerprint density at radius 3 is 2.73 bits per heavy atom. The highest BCUT2D eigenvalue weighted by Crippen LogP contribution is 2.33. The molecule has 2 nitrogen and oxygen atoms in total. The van der Waals surface area contributed by atoms with Crippen LogP contribution in [0.2, 0.25) is 0 Å². The number of aryl methyl sites for hydroxylation is 1. The average Bonchev–Trinajstić information content (AvgIpc) is 2.23. The first-order valence-electron chi connectivity index (χ1n) is 5.27. The molecule has 2 rings (SSSR count). The lowest BCUT2D eigenvalue weighted by Gasteiger charge is -2.21. The molecule has 0 aliphatic carbocycles. The maximum absolute atomic E-state index is 4.62. The molecule has 0 saturated heterocycles. The summed E-state index contributed by atoms with van der Waals surface area (Å²) in [7, 11) is 0. The first-order valence-corrected chi connectivity index (χ1v) is 5.27. The summed E-state index contributed by atoms with van der Waals surface area (Å²) in [5.74, 6) is 1.00. The highest BCUT2D eigenvalue weighted by Gasteiger charge is 2.15. The fraction of sp³-hybridized carbons (Fsp3) is 0.308. The van der Waals surface area contributed by atoms with Crippen LogP contribution in [0.1, 0.15) is 30.0 Å². The second-order valence-corrected chi connectivity index (χ2v) is 3.92. The number of aliphatic imine (C=N–C) groups is 1. The highest BCUT2D eigenvalue weighted by atomic mass is 15.0. The van der Waals surface area contributed by atoms with Gasteiger partial charge in [0.15, 0.2) is 0 Å². The van der Waals surface area contributed by atoms with E-state index < -0.39 is 0 Å². The van der Waals surface area contributed by atoms with Crippen LogP contribution in [0.25, 0.3) is 5.70 Å². The Kier molecular flexibility index (Phi) is 2.35. The van der Waals surface area contributed by atoms with E-state index in [4.69, 9.17) is 0 Å². The normalized spacial score (nSPS) is 14.3. The van der Waals surface area contributed by atoms with E-state index in [0.29, 0.717) is 0 Å². The summed E-state index contributed by atoms with van der Waals surface area (Å²) < 4.78 is 0. The van der Waals surface area contributed by atoms with Gasteiger partial charge in [-0.3, -0.25) is 0 Å². The average molecular weight is 200 g/mol. The number of hydrogen-bond donors (Lipinski definition) is 1. The summed E-state index contributed by atoms with van der Waals surface area (Å²) in [6.07, 6.45) is 0.909. The van der Waals surface area contributed by atoms with Gasteiger partial charge in [0.2, 0.25) is 0 Å². The summed E-state index contributed by atoms with van der Waals surface area (Å²) in [4.78, 5) is 4.62. The lowest BCUT2D eigenvalue weighted by molar-refractivity contribution is 1.11. The molecular formula is C13H16N2. The minimum absolute atomic E-state index is 0.909. The molecule has 1 heterocycles. The minimum atomic E-state index is 0.909. The molecule has 0 fully saturated rings. The number of hydrogen-bond acceptors (Lipinski definition) is 2. The topological polar surface area (TPSA) is 24.4 Å². The second-order valence-electron chi connectivity index (χ2n) is 3.92. The van der Waals surface area contributed by atoms with Crippen LogP contribution >= 0.6 is 0 Å². The molecule has 1 aliphatic rings. The Balaban J connectivity index is 2.65. The van der Waals surface area contributed by atoms with E-state index in [9.17, 15) is 0 Å². The van der Waals surface area contributed by atoms with Crippen molar-refractivity contribution < 1.29 is 0 Å². The Hall–Kier alpha value is -1.57. The van der Waals surface area contributed by atoms with Crippen molar-refractivity contribution in [3.8, 4) is 0 Å². The van der Waals surface area contributed by atoms with Gasteiger partial charge in [0.05, 0.1) is 5.69 Å². The van der Waals surface area contributed by atoms with Crippen LogP contribution in [0.5, 0.6) is 0 Å². The van der Waals surface area contributed by atoms with Gasteiger partial charge < -0.3 is 5.32 Å². The van der Waals surface area contributed by atoms with Crippen molar-refractivity contribution in [3.05, 3.63) is 35.4 Å². The van der Waals surface area contributed by atoms with Gasteiger partial charge in [0, 0.05) is 17.7 Å². The molecule has 0 amide bonds. The Morgan fingerprint density at radius 2 is 2.07 bits per heavy atom. The summed E-state index contributed by atoms with van der Waals surface area (Å²) in [6, 6.07) is 4.20. The van der Waals surface area contributed by atoms with E-state index >= 15 is 0 Å². The Bertz CT molecular complexity index is 456. The zero-order chi connectivity index (χ0) is 11.0. The Morgan fingerprint density at radius 1 is 1.33 bits per heavy atom. The first-order chi connectivity index (χ1) is 7.13. The summed E-state index contributed by atoms with van der Waals surface area (Å²) in [6.45, 7) is 10.4. The highest BCUT2D eigenvalue weighted by molar-refractivity contribution is 5.98. The number of amidine groups is 1. The van der Waals surface area contributed by atoms with Crippen molar-refractivity contribution in [1.29, 1.82) is 0 Å². The molecule has 0 aromatic heterocycles. The number of nitrogens with zero attached hydrogens (tertiary/aromatic N) is 1. The molecular weight excluding hydrogens is 184 g/mol. The van der Waals surface area contributed by atoms with Gasteiger partial charge in [-0.15, -0.1) is 0 Å². The van der Waals surface area contributed by atoms with Crippen LogP contribution in [-0.2, 0) is 0 Å². The van der Waals surface area contributed by atoms with Crippen molar-refractivity contribution >= 4 is 17.2 Å². The summed E-state index contributed by atoms with van der Waals surface area (Å²) >= 11 is 0. The number of fused-ring (bicyclic) bond motifs is 1. The molecule has 78 valence electrons. The third-order valence-electron chi connectivity index (χ3n) is 2.90. The monoisotopic (exact) mass is 200 g/mol. The largest absolute Gasteiger partial charge is 0.344 e. The van der Waals surface area contributed by atoms with Crippen molar-refractivity contribution in [2.45, 2.75) is 27.2 Å². The van der Waals surface area contributed by atoms with E-state index in [2.05, 4.69) is 49.8 Å². The minimum Gasteiger partial charge on any atom is -0.344 e. The molecule has 0 spiro atoms. The predicted molar refractivity (Wildman–Crippen MR) is 65.5 cm³/mol. The van der Waals surface area contributed by atoms with Crippen LogP contribution in [0.3, 0.4) is 0 Å². The maximum Gasteiger partial charge on any atom is 0.106 e. The van der Waals surface area contributed by atoms with Gasteiger partial charge in [0.25, 0.3) is 0 Å². The fourth-order valence-electron chi connectivity index (χ4n) is 1.76. The van der Waals surface area contributed by atoms with Crippen LogP contribution in [0.4, 0.5) is 5.69 Å².